The summed E-state index contributed by atoms with van der Waals surface area (Å²) in [5, 5.41) is 16.7. The van der Waals surface area contributed by atoms with Gasteiger partial charge in [0.05, 0.1) is 10.7 Å². The van der Waals surface area contributed by atoms with E-state index in [1.165, 1.54) is 11.3 Å². The highest BCUT2D eigenvalue weighted by Crippen LogP contribution is 2.31. The number of nitrogens with zero attached hydrogens (tertiary/aromatic N) is 4. The fraction of sp³-hybridized carbons (Fsp3) is 0. The lowest BCUT2D eigenvalue weighted by Gasteiger charge is -2.00. The number of amides is 1. The predicted molar refractivity (Wildman–Crippen MR) is 102 cm³/mol. The van der Waals surface area contributed by atoms with Gasteiger partial charge >= 0.3 is 0 Å². The number of hydrogen-bond donors (Lipinski definition) is 1. The second kappa shape index (κ2) is 7.07. The zero-order valence-corrected chi connectivity index (χ0v) is 14.9. The highest BCUT2D eigenvalue weighted by Gasteiger charge is 2.15. The first-order chi connectivity index (χ1) is 12.7. The topological polar surface area (TPSA) is 72.7 Å². The minimum atomic E-state index is -0.346. The molecular formula is C18H12ClN5OS. The van der Waals surface area contributed by atoms with E-state index in [0.717, 1.165) is 11.3 Å². The SMILES string of the molecule is O=C(Nc1nnc(-c2ccccc2Cl)s1)c1ccn(-c2ccccc2)n1. The van der Waals surface area contributed by atoms with Crippen LogP contribution < -0.4 is 5.32 Å². The molecule has 0 atom stereocenters. The Hall–Kier alpha value is -3.03. The summed E-state index contributed by atoms with van der Waals surface area (Å²) in [5.41, 5.74) is 1.95. The molecule has 1 amide bonds. The van der Waals surface area contributed by atoms with E-state index in [1.54, 1.807) is 23.0 Å². The van der Waals surface area contributed by atoms with Crippen molar-refractivity contribution in [1.29, 1.82) is 0 Å². The summed E-state index contributed by atoms with van der Waals surface area (Å²) in [6.07, 6.45) is 1.74. The van der Waals surface area contributed by atoms with Crippen molar-refractivity contribution < 1.29 is 4.79 Å². The fourth-order valence-corrected chi connectivity index (χ4v) is 3.41. The number of carbonyl (C=O) groups excluding carboxylic acids is 1. The highest BCUT2D eigenvalue weighted by molar-refractivity contribution is 7.18. The quantitative estimate of drug-likeness (QED) is 0.572. The number of aromatic nitrogens is 4. The van der Waals surface area contributed by atoms with Crippen LogP contribution in [0.15, 0.2) is 66.9 Å². The zero-order chi connectivity index (χ0) is 17.9. The van der Waals surface area contributed by atoms with Gasteiger partial charge in [-0.05, 0) is 24.3 Å². The lowest BCUT2D eigenvalue weighted by Crippen LogP contribution is -2.13. The number of halogens is 1. The van der Waals surface area contributed by atoms with E-state index >= 15 is 0 Å². The van der Waals surface area contributed by atoms with E-state index in [4.69, 9.17) is 11.6 Å². The molecule has 0 fully saturated rings. The van der Waals surface area contributed by atoms with E-state index in [1.807, 2.05) is 48.5 Å². The van der Waals surface area contributed by atoms with E-state index in [2.05, 4.69) is 20.6 Å². The van der Waals surface area contributed by atoms with E-state index in [9.17, 15) is 4.79 Å². The van der Waals surface area contributed by atoms with Crippen LogP contribution in [-0.2, 0) is 0 Å². The van der Waals surface area contributed by atoms with Crippen LogP contribution in [0.3, 0.4) is 0 Å². The molecule has 6 nitrogen and oxygen atoms in total. The summed E-state index contributed by atoms with van der Waals surface area (Å²) in [5.74, 6) is -0.346. The van der Waals surface area contributed by atoms with Crippen molar-refractivity contribution in [3.05, 3.63) is 77.6 Å². The molecule has 0 spiro atoms. The van der Waals surface area contributed by atoms with E-state index in [-0.39, 0.29) is 5.91 Å². The molecule has 0 unspecified atom stereocenters. The first-order valence-corrected chi connectivity index (χ1v) is 8.91. The number of nitrogens with one attached hydrogen (secondary N) is 1. The van der Waals surface area contributed by atoms with E-state index < -0.39 is 0 Å². The molecule has 0 aliphatic carbocycles. The molecule has 2 aromatic carbocycles. The molecular weight excluding hydrogens is 370 g/mol. The van der Waals surface area contributed by atoms with Crippen LogP contribution in [0.2, 0.25) is 5.02 Å². The van der Waals surface area contributed by atoms with Crippen LogP contribution in [-0.4, -0.2) is 25.9 Å². The Labute approximate surface area is 158 Å². The molecule has 0 saturated carbocycles. The van der Waals surface area contributed by atoms with Crippen molar-refractivity contribution in [1.82, 2.24) is 20.0 Å². The molecule has 0 aliphatic rings. The Bertz CT molecular complexity index is 1060. The largest absolute Gasteiger partial charge is 0.295 e. The lowest BCUT2D eigenvalue weighted by molar-refractivity contribution is 0.102. The van der Waals surface area contributed by atoms with Gasteiger partial charge in [0.1, 0.15) is 0 Å². The summed E-state index contributed by atoms with van der Waals surface area (Å²) in [6.45, 7) is 0. The Morgan fingerprint density at radius 1 is 1.00 bits per heavy atom. The molecule has 0 aliphatic heterocycles. The van der Waals surface area contributed by atoms with Crippen LogP contribution >= 0.6 is 22.9 Å². The zero-order valence-electron chi connectivity index (χ0n) is 13.3. The van der Waals surface area contributed by atoms with Crippen LogP contribution in [0.5, 0.6) is 0 Å². The predicted octanol–water partition coefficient (Wildman–Crippen LogP) is 4.30. The smallest absolute Gasteiger partial charge is 0.277 e. The number of carbonyl (C=O) groups is 1. The number of para-hydroxylation sites is 1. The Balaban J connectivity index is 1.51. The van der Waals surface area contributed by atoms with Crippen LogP contribution in [0, 0.1) is 0 Å². The minimum absolute atomic E-state index is 0.295. The molecule has 2 heterocycles. The third-order valence-electron chi connectivity index (χ3n) is 3.59. The molecule has 0 saturated heterocycles. The van der Waals surface area contributed by atoms with Gasteiger partial charge in [-0.3, -0.25) is 10.1 Å². The maximum Gasteiger partial charge on any atom is 0.277 e. The first-order valence-electron chi connectivity index (χ1n) is 7.71. The van der Waals surface area contributed by atoms with Crippen molar-refractivity contribution >= 4 is 34.0 Å². The normalized spacial score (nSPS) is 10.7. The van der Waals surface area contributed by atoms with Gasteiger partial charge < -0.3 is 0 Å². The van der Waals surface area contributed by atoms with Gasteiger partial charge in [-0.15, -0.1) is 10.2 Å². The molecule has 0 radical (unpaired) electrons. The van der Waals surface area contributed by atoms with Crippen molar-refractivity contribution in [2.75, 3.05) is 5.32 Å². The number of benzene rings is 2. The molecule has 4 rings (SSSR count). The molecule has 128 valence electrons. The third-order valence-corrected chi connectivity index (χ3v) is 4.79. The summed E-state index contributed by atoms with van der Waals surface area (Å²) >= 11 is 7.42. The Kier molecular flexibility index (Phi) is 4.47. The molecule has 4 aromatic rings. The maximum absolute atomic E-state index is 12.4. The average molecular weight is 382 g/mol. The highest BCUT2D eigenvalue weighted by atomic mass is 35.5. The van der Waals surface area contributed by atoms with Gasteiger partial charge in [0.2, 0.25) is 5.13 Å². The fourth-order valence-electron chi connectivity index (χ4n) is 2.35. The van der Waals surface area contributed by atoms with Crippen LogP contribution in [0.4, 0.5) is 5.13 Å². The van der Waals surface area contributed by atoms with Gasteiger partial charge in [0, 0.05) is 11.8 Å². The second-order valence-electron chi connectivity index (χ2n) is 5.33. The number of rotatable bonds is 4. The first kappa shape index (κ1) is 16.4. The Morgan fingerprint density at radius 3 is 2.58 bits per heavy atom. The molecule has 1 N–H and O–H groups in total. The van der Waals surface area contributed by atoms with Gasteiger partial charge in [-0.1, -0.05) is 59.3 Å². The van der Waals surface area contributed by atoms with Gasteiger partial charge in [-0.25, -0.2) is 4.68 Å². The monoisotopic (exact) mass is 381 g/mol. The Morgan fingerprint density at radius 2 is 1.77 bits per heavy atom. The number of hydrogen-bond acceptors (Lipinski definition) is 5. The van der Waals surface area contributed by atoms with Crippen molar-refractivity contribution in [2.45, 2.75) is 0 Å². The second-order valence-corrected chi connectivity index (χ2v) is 6.71. The summed E-state index contributed by atoms with van der Waals surface area (Å²) < 4.78 is 1.64. The molecule has 26 heavy (non-hydrogen) atoms. The van der Waals surface area contributed by atoms with Gasteiger partial charge in [0.15, 0.2) is 10.7 Å². The lowest BCUT2D eigenvalue weighted by atomic mass is 10.2. The standard InChI is InChI=1S/C18H12ClN5OS/c19-14-9-5-4-8-13(14)17-21-22-18(26-17)20-16(25)15-10-11-24(23-15)12-6-2-1-3-7-12/h1-11H,(H,20,22,25). The molecule has 2 aromatic heterocycles. The van der Waals surface area contributed by atoms with Gasteiger partial charge in [-0.2, -0.15) is 5.10 Å². The number of anilines is 1. The average Bonchev–Trinajstić information content (AvgIpc) is 3.33. The summed E-state index contributed by atoms with van der Waals surface area (Å²) in [7, 11) is 0. The summed E-state index contributed by atoms with van der Waals surface area (Å²) in [4.78, 5) is 12.4. The maximum atomic E-state index is 12.4. The third kappa shape index (κ3) is 3.35. The summed E-state index contributed by atoms with van der Waals surface area (Å²) in [6, 6.07) is 18.6. The van der Waals surface area contributed by atoms with Crippen molar-refractivity contribution in [2.24, 2.45) is 0 Å². The molecule has 0 bridgehead atoms. The van der Waals surface area contributed by atoms with Crippen LogP contribution in [0.25, 0.3) is 16.3 Å². The van der Waals surface area contributed by atoms with Crippen LogP contribution in [0.1, 0.15) is 10.5 Å². The minimum Gasteiger partial charge on any atom is -0.295 e. The van der Waals surface area contributed by atoms with Crippen molar-refractivity contribution in [3.63, 3.8) is 0 Å². The van der Waals surface area contributed by atoms with Gasteiger partial charge in [0.25, 0.3) is 5.91 Å². The molecule has 8 heteroatoms. The van der Waals surface area contributed by atoms with Crippen molar-refractivity contribution in [3.8, 4) is 16.3 Å². The van der Waals surface area contributed by atoms with E-state index in [0.29, 0.717) is 20.9 Å².